The van der Waals surface area contributed by atoms with Gasteiger partial charge in [-0.15, -0.1) is 0 Å². The number of halogens is 3. The molecule has 0 fully saturated rings. The van der Waals surface area contributed by atoms with Gasteiger partial charge in [0, 0.05) is 12.1 Å². The van der Waals surface area contributed by atoms with Crippen LogP contribution in [0, 0.1) is 11.6 Å². The van der Waals surface area contributed by atoms with E-state index in [4.69, 9.17) is 16.3 Å². The summed E-state index contributed by atoms with van der Waals surface area (Å²) >= 11 is 5.67. The highest BCUT2D eigenvalue weighted by atomic mass is 35.5. The summed E-state index contributed by atoms with van der Waals surface area (Å²) < 4.78 is 32.2. The quantitative estimate of drug-likeness (QED) is 0.820. The van der Waals surface area contributed by atoms with Crippen molar-refractivity contribution in [2.24, 2.45) is 0 Å². The van der Waals surface area contributed by atoms with E-state index in [0.29, 0.717) is 18.0 Å². The molecule has 0 spiro atoms. The van der Waals surface area contributed by atoms with E-state index in [1.807, 2.05) is 13.8 Å². The molecule has 2 rings (SSSR count). The van der Waals surface area contributed by atoms with Crippen molar-refractivity contribution in [3.05, 3.63) is 58.6 Å². The Morgan fingerprint density at radius 1 is 1.19 bits per heavy atom. The van der Waals surface area contributed by atoms with E-state index in [2.05, 4.69) is 5.32 Å². The minimum absolute atomic E-state index is 0.0859. The standard InChI is InChI=1S/C16H16ClF2NO/c1-3-21-16-9-12(18)5-7-15(16)20-10(2)11-4-6-13(17)14(19)8-11/h4-10,20H,3H2,1-2H3. The number of hydrogen-bond acceptors (Lipinski definition) is 2. The van der Waals surface area contributed by atoms with Crippen molar-refractivity contribution in [1.82, 2.24) is 0 Å². The average Bonchev–Trinajstić information content (AvgIpc) is 2.45. The largest absolute Gasteiger partial charge is 0.492 e. The molecule has 0 saturated carbocycles. The smallest absolute Gasteiger partial charge is 0.145 e. The monoisotopic (exact) mass is 311 g/mol. The van der Waals surface area contributed by atoms with Crippen LogP contribution < -0.4 is 10.1 Å². The second kappa shape index (κ2) is 6.76. The van der Waals surface area contributed by atoms with E-state index in [1.165, 1.54) is 24.3 Å². The van der Waals surface area contributed by atoms with E-state index in [0.717, 1.165) is 5.56 Å². The molecular weight excluding hydrogens is 296 g/mol. The summed E-state index contributed by atoms with van der Waals surface area (Å²) in [6.07, 6.45) is 0. The lowest BCUT2D eigenvalue weighted by Crippen LogP contribution is -2.08. The zero-order chi connectivity index (χ0) is 15.4. The Morgan fingerprint density at radius 3 is 2.62 bits per heavy atom. The first-order chi connectivity index (χ1) is 10.0. The van der Waals surface area contributed by atoms with Gasteiger partial charge in [-0.1, -0.05) is 17.7 Å². The summed E-state index contributed by atoms with van der Waals surface area (Å²) in [5, 5.41) is 3.27. The molecule has 2 aromatic rings. The van der Waals surface area contributed by atoms with Gasteiger partial charge < -0.3 is 10.1 Å². The number of benzene rings is 2. The van der Waals surface area contributed by atoms with Crippen molar-refractivity contribution in [3.63, 3.8) is 0 Å². The number of rotatable bonds is 5. The molecule has 21 heavy (non-hydrogen) atoms. The Morgan fingerprint density at radius 2 is 1.95 bits per heavy atom. The predicted molar refractivity (Wildman–Crippen MR) is 81.0 cm³/mol. The highest BCUT2D eigenvalue weighted by Crippen LogP contribution is 2.30. The SMILES string of the molecule is CCOc1cc(F)ccc1NC(C)c1ccc(Cl)c(F)c1. The van der Waals surface area contributed by atoms with Gasteiger partial charge in [-0.25, -0.2) is 8.78 Å². The Bertz CT molecular complexity index is 634. The van der Waals surface area contributed by atoms with Crippen LogP contribution in [-0.4, -0.2) is 6.61 Å². The lowest BCUT2D eigenvalue weighted by molar-refractivity contribution is 0.339. The van der Waals surface area contributed by atoms with Crippen molar-refractivity contribution < 1.29 is 13.5 Å². The molecule has 112 valence electrons. The summed E-state index contributed by atoms with van der Waals surface area (Å²) in [6.45, 7) is 4.14. The molecular formula is C16H16ClF2NO. The van der Waals surface area contributed by atoms with Crippen molar-refractivity contribution in [2.45, 2.75) is 19.9 Å². The van der Waals surface area contributed by atoms with E-state index in [9.17, 15) is 8.78 Å². The van der Waals surface area contributed by atoms with Gasteiger partial charge in [0.1, 0.15) is 17.4 Å². The first kappa shape index (κ1) is 15.6. The molecule has 2 nitrogen and oxygen atoms in total. The first-order valence-electron chi connectivity index (χ1n) is 6.65. The van der Waals surface area contributed by atoms with Crippen molar-refractivity contribution in [3.8, 4) is 5.75 Å². The zero-order valence-corrected chi connectivity index (χ0v) is 12.5. The Hall–Kier alpha value is -1.81. The Labute approximate surface area is 127 Å². The molecule has 1 unspecified atom stereocenters. The molecule has 0 bridgehead atoms. The van der Waals surface area contributed by atoms with Crippen LogP contribution in [0.25, 0.3) is 0 Å². The third-order valence-electron chi connectivity index (χ3n) is 3.06. The maximum atomic E-state index is 13.5. The maximum Gasteiger partial charge on any atom is 0.145 e. The Balaban J connectivity index is 2.22. The van der Waals surface area contributed by atoms with Crippen LogP contribution in [0.1, 0.15) is 25.5 Å². The van der Waals surface area contributed by atoms with Crippen LogP contribution in [0.4, 0.5) is 14.5 Å². The summed E-state index contributed by atoms with van der Waals surface area (Å²) in [7, 11) is 0. The third kappa shape index (κ3) is 3.85. The zero-order valence-electron chi connectivity index (χ0n) is 11.8. The maximum absolute atomic E-state index is 13.5. The molecule has 0 radical (unpaired) electrons. The van der Waals surface area contributed by atoms with Gasteiger partial charge in [0.15, 0.2) is 0 Å². The minimum atomic E-state index is -0.466. The average molecular weight is 312 g/mol. The van der Waals surface area contributed by atoms with Gasteiger partial charge >= 0.3 is 0 Å². The van der Waals surface area contributed by atoms with Crippen molar-refractivity contribution >= 4 is 17.3 Å². The number of ether oxygens (including phenoxy) is 1. The topological polar surface area (TPSA) is 21.3 Å². The van der Waals surface area contributed by atoms with Gasteiger partial charge in [0.25, 0.3) is 0 Å². The van der Waals surface area contributed by atoms with Crippen LogP contribution >= 0.6 is 11.6 Å². The summed E-state index contributed by atoms with van der Waals surface area (Å²) in [5.74, 6) is -0.403. The minimum Gasteiger partial charge on any atom is -0.492 e. The fourth-order valence-corrected chi connectivity index (χ4v) is 2.11. The highest BCUT2D eigenvalue weighted by Gasteiger charge is 2.12. The summed E-state index contributed by atoms with van der Waals surface area (Å²) in [4.78, 5) is 0. The van der Waals surface area contributed by atoms with E-state index in [1.54, 1.807) is 12.1 Å². The molecule has 0 aromatic heterocycles. The second-order valence-corrected chi connectivity index (χ2v) is 5.02. The normalized spacial score (nSPS) is 12.0. The molecule has 1 atom stereocenters. The fraction of sp³-hybridized carbons (Fsp3) is 0.250. The molecule has 2 aromatic carbocycles. The first-order valence-corrected chi connectivity index (χ1v) is 7.03. The number of anilines is 1. The molecule has 0 saturated heterocycles. The van der Waals surface area contributed by atoms with Gasteiger partial charge in [-0.2, -0.15) is 0 Å². The molecule has 5 heteroatoms. The molecule has 1 N–H and O–H groups in total. The number of nitrogens with one attached hydrogen (secondary N) is 1. The summed E-state index contributed by atoms with van der Waals surface area (Å²) in [5.41, 5.74) is 1.39. The molecule has 0 heterocycles. The van der Waals surface area contributed by atoms with Crippen LogP contribution in [0.15, 0.2) is 36.4 Å². The van der Waals surface area contributed by atoms with Gasteiger partial charge in [0.2, 0.25) is 0 Å². The molecule has 0 aliphatic carbocycles. The lowest BCUT2D eigenvalue weighted by Gasteiger charge is -2.18. The molecule has 0 aliphatic rings. The predicted octanol–water partition coefficient (Wildman–Crippen LogP) is 5.19. The number of hydrogen-bond donors (Lipinski definition) is 1. The van der Waals surface area contributed by atoms with E-state index < -0.39 is 5.82 Å². The van der Waals surface area contributed by atoms with Crippen LogP contribution in [0.5, 0.6) is 5.75 Å². The Kier molecular flexibility index (Phi) is 5.02. The van der Waals surface area contributed by atoms with E-state index in [-0.39, 0.29) is 16.9 Å². The second-order valence-electron chi connectivity index (χ2n) is 4.61. The van der Waals surface area contributed by atoms with Crippen LogP contribution in [-0.2, 0) is 0 Å². The van der Waals surface area contributed by atoms with Gasteiger partial charge in [-0.05, 0) is 43.7 Å². The highest BCUT2D eigenvalue weighted by molar-refractivity contribution is 6.30. The van der Waals surface area contributed by atoms with Gasteiger partial charge in [-0.3, -0.25) is 0 Å². The van der Waals surface area contributed by atoms with Crippen molar-refractivity contribution in [1.29, 1.82) is 0 Å². The van der Waals surface area contributed by atoms with E-state index >= 15 is 0 Å². The fourth-order valence-electron chi connectivity index (χ4n) is 1.99. The molecule has 0 aliphatic heterocycles. The summed E-state index contributed by atoms with van der Waals surface area (Å²) in [6, 6.07) is 8.72. The van der Waals surface area contributed by atoms with Crippen LogP contribution in [0.3, 0.4) is 0 Å². The van der Waals surface area contributed by atoms with Crippen molar-refractivity contribution in [2.75, 3.05) is 11.9 Å². The van der Waals surface area contributed by atoms with Gasteiger partial charge in [0.05, 0.1) is 17.3 Å². The van der Waals surface area contributed by atoms with Crippen LogP contribution in [0.2, 0.25) is 5.02 Å². The lowest BCUT2D eigenvalue weighted by atomic mass is 10.1. The molecule has 0 amide bonds. The third-order valence-corrected chi connectivity index (χ3v) is 3.37.